The molecule has 0 bridgehead atoms. The van der Waals surface area contributed by atoms with Crippen LogP contribution in [0.2, 0.25) is 0 Å². The third-order valence-corrected chi connectivity index (χ3v) is 4.19. The van der Waals surface area contributed by atoms with Crippen molar-refractivity contribution in [2.45, 2.75) is 18.4 Å². The summed E-state index contributed by atoms with van der Waals surface area (Å²) < 4.78 is 22.3. The van der Waals surface area contributed by atoms with Gasteiger partial charge in [-0.05, 0) is 49.0 Å². The van der Waals surface area contributed by atoms with Crippen LogP contribution in [0.25, 0.3) is 0 Å². The molecule has 0 unspecified atom stereocenters. The molecular formula is C15H17N3O2S2. The number of nitrogens with two attached hydrogens (primary N) is 1. The molecule has 0 saturated heterocycles. The molecule has 0 fully saturated rings. The second-order valence-corrected chi connectivity index (χ2v) is 6.83. The number of hydrogen-bond acceptors (Lipinski definition) is 3. The first-order chi connectivity index (χ1) is 10.3. The molecule has 0 spiro atoms. The van der Waals surface area contributed by atoms with Crippen LogP contribution in [0.5, 0.6) is 0 Å². The van der Waals surface area contributed by atoms with Crippen LogP contribution in [0.1, 0.15) is 11.1 Å². The maximum Gasteiger partial charge on any atom is 0.238 e. The van der Waals surface area contributed by atoms with Gasteiger partial charge in [0.1, 0.15) is 0 Å². The molecule has 2 aromatic rings. The SMILES string of the molecule is Cc1ccc(CNC(=S)Nc2ccc(S(N)(=O)=O)cc2)cc1. The van der Waals surface area contributed by atoms with Crippen molar-refractivity contribution in [3.05, 3.63) is 59.7 Å². The van der Waals surface area contributed by atoms with Crippen molar-refractivity contribution in [3.8, 4) is 0 Å². The van der Waals surface area contributed by atoms with Crippen LogP contribution in [0, 0.1) is 6.92 Å². The van der Waals surface area contributed by atoms with Gasteiger partial charge in [0.15, 0.2) is 5.11 Å². The fraction of sp³-hybridized carbons (Fsp3) is 0.133. The van der Waals surface area contributed by atoms with Crippen molar-refractivity contribution in [3.63, 3.8) is 0 Å². The van der Waals surface area contributed by atoms with Crippen LogP contribution in [0.3, 0.4) is 0 Å². The molecule has 7 heteroatoms. The van der Waals surface area contributed by atoms with E-state index in [0.29, 0.717) is 17.3 Å². The summed E-state index contributed by atoms with van der Waals surface area (Å²) in [5.74, 6) is 0. The minimum Gasteiger partial charge on any atom is -0.358 e. The molecule has 0 aromatic heterocycles. The van der Waals surface area contributed by atoms with Gasteiger partial charge in [0.25, 0.3) is 0 Å². The van der Waals surface area contributed by atoms with Crippen LogP contribution >= 0.6 is 12.2 Å². The van der Waals surface area contributed by atoms with Crippen LogP contribution in [0.15, 0.2) is 53.4 Å². The number of rotatable bonds is 4. The molecular weight excluding hydrogens is 318 g/mol. The highest BCUT2D eigenvalue weighted by Gasteiger charge is 2.07. The maximum atomic E-state index is 11.2. The zero-order valence-electron chi connectivity index (χ0n) is 12.0. The predicted molar refractivity (Wildman–Crippen MR) is 92.1 cm³/mol. The maximum absolute atomic E-state index is 11.2. The van der Waals surface area contributed by atoms with Crippen LogP contribution < -0.4 is 15.8 Å². The Bertz CT molecular complexity index is 754. The van der Waals surface area contributed by atoms with Crippen molar-refractivity contribution < 1.29 is 8.42 Å². The standard InChI is InChI=1S/C15H17N3O2S2/c1-11-2-4-12(5-3-11)10-17-15(21)18-13-6-8-14(9-7-13)22(16,19)20/h2-9H,10H2,1H3,(H2,16,19,20)(H2,17,18,21). The number of aryl methyl sites for hydroxylation is 1. The normalized spacial score (nSPS) is 11.0. The van der Waals surface area contributed by atoms with Crippen molar-refractivity contribution in [2.24, 2.45) is 5.14 Å². The molecule has 22 heavy (non-hydrogen) atoms. The Hall–Kier alpha value is -1.96. The molecule has 4 N–H and O–H groups in total. The van der Waals surface area contributed by atoms with E-state index in [0.717, 1.165) is 5.56 Å². The zero-order chi connectivity index (χ0) is 16.2. The number of hydrogen-bond donors (Lipinski definition) is 3. The van der Waals surface area contributed by atoms with E-state index in [1.807, 2.05) is 31.2 Å². The Labute approximate surface area is 135 Å². The first-order valence-electron chi connectivity index (χ1n) is 6.58. The lowest BCUT2D eigenvalue weighted by atomic mass is 10.1. The van der Waals surface area contributed by atoms with Crippen LogP contribution in [-0.4, -0.2) is 13.5 Å². The van der Waals surface area contributed by atoms with E-state index in [2.05, 4.69) is 10.6 Å². The van der Waals surface area contributed by atoms with Gasteiger partial charge in [-0.15, -0.1) is 0 Å². The summed E-state index contributed by atoms with van der Waals surface area (Å²) in [4.78, 5) is 0.0663. The Morgan fingerprint density at radius 1 is 1.09 bits per heavy atom. The molecule has 116 valence electrons. The zero-order valence-corrected chi connectivity index (χ0v) is 13.7. The van der Waals surface area contributed by atoms with E-state index in [1.54, 1.807) is 12.1 Å². The Balaban J connectivity index is 1.90. The lowest BCUT2D eigenvalue weighted by molar-refractivity contribution is 0.598. The van der Waals surface area contributed by atoms with Gasteiger partial charge in [-0.25, -0.2) is 13.6 Å². The second-order valence-electron chi connectivity index (χ2n) is 4.86. The third-order valence-electron chi connectivity index (χ3n) is 3.01. The Morgan fingerprint density at radius 3 is 2.23 bits per heavy atom. The first kappa shape index (κ1) is 16.4. The molecule has 0 heterocycles. The topological polar surface area (TPSA) is 84.2 Å². The molecule has 0 radical (unpaired) electrons. The first-order valence-corrected chi connectivity index (χ1v) is 8.53. The monoisotopic (exact) mass is 335 g/mol. The quantitative estimate of drug-likeness (QED) is 0.746. The van der Waals surface area contributed by atoms with Gasteiger partial charge in [0.2, 0.25) is 10.0 Å². The number of nitrogens with one attached hydrogen (secondary N) is 2. The summed E-state index contributed by atoms with van der Waals surface area (Å²) in [5.41, 5.74) is 3.02. The Morgan fingerprint density at radius 2 is 1.68 bits per heavy atom. The average molecular weight is 335 g/mol. The van der Waals surface area contributed by atoms with E-state index in [9.17, 15) is 8.42 Å². The number of primary sulfonamides is 1. The number of anilines is 1. The Kier molecular flexibility index (Phi) is 5.12. The van der Waals surface area contributed by atoms with E-state index in [4.69, 9.17) is 17.4 Å². The number of sulfonamides is 1. The van der Waals surface area contributed by atoms with Crippen LogP contribution in [-0.2, 0) is 16.6 Å². The molecule has 0 aliphatic carbocycles. The number of benzene rings is 2. The minimum absolute atomic E-state index is 0.0663. The molecule has 0 aliphatic rings. The van der Waals surface area contributed by atoms with Gasteiger partial charge in [-0.3, -0.25) is 0 Å². The van der Waals surface area contributed by atoms with Gasteiger partial charge < -0.3 is 10.6 Å². The lowest BCUT2D eigenvalue weighted by Crippen LogP contribution is -2.27. The predicted octanol–water partition coefficient (Wildman–Crippen LogP) is 2.13. The average Bonchev–Trinajstić information content (AvgIpc) is 2.46. The van der Waals surface area contributed by atoms with Gasteiger partial charge in [0, 0.05) is 12.2 Å². The molecule has 0 saturated carbocycles. The van der Waals surface area contributed by atoms with Crippen molar-refractivity contribution in [1.82, 2.24) is 5.32 Å². The summed E-state index contributed by atoms with van der Waals surface area (Å²) in [6.07, 6.45) is 0. The van der Waals surface area contributed by atoms with Crippen LogP contribution in [0.4, 0.5) is 5.69 Å². The molecule has 5 nitrogen and oxygen atoms in total. The highest BCUT2D eigenvalue weighted by molar-refractivity contribution is 7.89. The summed E-state index contributed by atoms with van der Waals surface area (Å²) >= 11 is 5.20. The van der Waals surface area contributed by atoms with Gasteiger partial charge in [-0.2, -0.15) is 0 Å². The fourth-order valence-electron chi connectivity index (χ4n) is 1.79. The van der Waals surface area contributed by atoms with E-state index in [1.165, 1.54) is 17.7 Å². The molecule has 0 amide bonds. The van der Waals surface area contributed by atoms with Gasteiger partial charge >= 0.3 is 0 Å². The second kappa shape index (κ2) is 6.87. The summed E-state index contributed by atoms with van der Waals surface area (Å²) in [6, 6.07) is 14.2. The highest BCUT2D eigenvalue weighted by atomic mass is 32.2. The highest BCUT2D eigenvalue weighted by Crippen LogP contribution is 2.12. The molecule has 0 atom stereocenters. The fourth-order valence-corrected chi connectivity index (χ4v) is 2.50. The molecule has 2 aromatic carbocycles. The number of thiocarbonyl (C=S) groups is 1. The van der Waals surface area contributed by atoms with Crippen molar-refractivity contribution >= 4 is 33.0 Å². The van der Waals surface area contributed by atoms with E-state index in [-0.39, 0.29) is 4.90 Å². The summed E-state index contributed by atoms with van der Waals surface area (Å²) in [6.45, 7) is 2.65. The summed E-state index contributed by atoms with van der Waals surface area (Å²) in [5, 5.41) is 11.6. The van der Waals surface area contributed by atoms with Crippen molar-refractivity contribution in [1.29, 1.82) is 0 Å². The molecule has 0 aliphatic heterocycles. The third kappa shape index (κ3) is 4.80. The lowest BCUT2D eigenvalue weighted by Gasteiger charge is -2.11. The van der Waals surface area contributed by atoms with Crippen molar-refractivity contribution in [2.75, 3.05) is 5.32 Å². The van der Waals surface area contributed by atoms with Gasteiger partial charge in [-0.1, -0.05) is 29.8 Å². The smallest absolute Gasteiger partial charge is 0.238 e. The summed E-state index contributed by atoms with van der Waals surface area (Å²) in [7, 11) is -3.67. The van der Waals surface area contributed by atoms with E-state index >= 15 is 0 Å². The van der Waals surface area contributed by atoms with Gasteiger partial charge in [0.05, 0.1) is 4.90 Å². The van der Waals surface area contributed by atoms with E-state index < -0.39 is 10.0 Å². The molecule has 2 rings (SSSR count). The largest absolute Gasteiger partial charge is 0.358 e. The minimum atomic E-state index is -3.67.